The van der Waals surface area contributed by atoms with Crippen molar-refractivity contribution in [2.75, 3.05) is 32.8 Å². The second-order valence-electron chi connectivity index (χ2n) is 5.95. The van der Waals surface area contributed by atoms with Crippen molar-refractivity contribution in [3.05, 3.63) is 17.7 Å². The Morgan fingerprint density at radius 2 is 1.95 bits per heavy atom. The Balaban J connectivity index is 1.88. The number of carbonyl (C=O) groups is 1. The number of nitrogens with zero attached hydrogens (tertiary/aromatic N) is 1. The highest BCUT2D eigenvalue weighted by molar-refractivity contribution is 5.97. The van der Waals surface area contributed by atoms with Crippen LogP contribution in [0.25, 0.3) is 0 Å². The number of hydrogen-bond donors (Lipinski definition) is 0. The molecule has 1 aromatic carbocycles. The van der Waals surface area contributed by atoms with Crippen LogP contribution >= 0.6 is 0 Å². The number of rotatable bonds is 4. The fourth-order valence-corrected chi connectivity index (χ4v) is 3.34. The molecule has 1 heterocycles. The molecule has 0 aromatic heterocycles. The number of hydrogen-bond acceptors (Lipinski definition) is 4. The van der Waals surface area contributed by atoms with Gasteiger partial charge in [-0.3, -0.25) is 4.79 Å². The van der Waals surface area contributed by atoms with E-state index in [9.17, 15) is 4.79 Å². The van der Waals surface area contributed by atoms with E-state index in [1.165, 1.54) is 0 Å². The van der Waals surface area contributed by atoms with E-state index in [-0.39, 0.29) is 17.9 Å². The molecule has 0 atom stereocenters. The third-order valence-corrected chi connectivity index (χ3v) is 4.76. The zero-order valence-electron chi connectivity index (χ0n) is 13.4. The van der Waals surface area contributed by atoms with Crippen molar-refractivity contribution in [2.24, 2.45) is 5.92 Å². The fourth-order valence-electron chi connectivity index (χ4n) is 3.34. The second-order valence-corrected chi connectivity index (χ2v) is 5.95. The van der Waals surface area contributed by atoms with Crippen LogP contribution in [0.3, 0.4) is 0 Å². The third-order valence-electron chi connectivity index (χ3n) is 4.76. The normalized spacial score (nSPS) is 23.5. The first-order valence-electron chi connectivity index (χ1n) is 7.77. The van der Waals surface area contributed by atoms with E-state index in [1.54, 1.807) is 21.3 Å². The van der Waals surface area contributed by atoms with E-state index in [0.717, 1.165) is 55.0 Å². The Bertz CT molecular complexity index is 566. The molecule has 1 amide bonds. The molecule has 0 radical (unpaired) electrons. The number of methoxy groups -OCH3 is 3. The maximum atomic E-state index is 12.8. The van der Waals surface area contributed by atoms with Gasteiger partial charge in [0.25, 0.3) is 0 Å². The lowest BCUT2D eigenvalue weighted by atomic mass is 9.80. The van der Waals surface area contributed by atoms with Crippen molar-refractivity contribution in [1.29, 1.82) is 0 Å². The summed E-state index contributed by atoms with van der Waals surface area (Å²) in [4.78, 5) is 14.7. The van der Waals surface area contributed by atoms with Gasteiger partial charge in [0.05, 0.1) is 26.0 Å². The third kappa shape index (κ3) is 2.54. The Morgan fingerprint density at radius 1 is 1.18 bits per heavy atom. The molecule has 1 saturated carbocycles. The fraction of sp³-hybridized carbons (Fsp3) is 0.588. The molecule has 0 saturated heterocycles. The maximum Gasteiger partial charge on any atom is 0.230 e. The lowest BCUT2D eigenvalue weighted by Crippen LogP contribution is -2.46. The van der Waals surface area contributed by atoms with Gasteiger partial charge in [-0.25, -0.2) is 0 Å². The van der Waals surface area contributed by atoms with Gasteiger partial charge < -0.3 is 19.1 Å². The summed E-state index contributed by atoms with van der Waals surface area (Å²) in [5.41, 5.74) is 2.04. The first-order chi connectivity index (χ1) is 10.7. The summed E-state index contributed by atoms with van der Waals surface area (Å²) in [6.45, 7) is 0.760. The van der Waals surface area contributed by atoms with Crippen molar-refractivity contribution < 1.29 is 19.0 Å². The minimum absolute atomic E-state index is 0.0769. The van der Waals surface area contributed by atoms with E-state index in [4.69, 9.17) is 14.2 Å². The average Bonchev–Trinajstić information content (AvgIpc) is 2.51. The van der Waals surface area contributed by atoms with E-state index >= 15 is 0 Å². The Labute approximate surface area is 131 Å². The molecule has 3 rings (SSSR count). The minimum Gasteiger partial charge on any atom is -0.497 e. The second kappa shape index (κ2) is 6.16. The van der Waals surface area contributed by atoms with Gasteiger partial charge in [-0.15, -0.1) is 0 Å². The summed E-state index contributed by atoms with van der Waals surface area (Å²) in [6, 6.07) is 3.83. The molecule has 1 aliphatic heterocycles. The Morgan fingerprint density at radius 3 is 2.59 bits per heavy atom. The standard InChI is InChI=1S/C17H23NO4/c1-20-12-7-11(8-12)17(19)18-6-4-5-14-15(18)9-13(21-2)10-16(14)22-3/h9-12H,4-8H2,1-3H3. The predicted molar refractivity (Wildman–Crippen MR) is 83.7 cm³/mol. The zero-order valence-corrected chi connectivity index (χ0v) is 13.4. The minimum atomic E-state index is 0.0769. The molecule has 1 aromatic rings. The van der Waals surface area contributed by atoms with Crippen molar-refractivity contribution in [2.45, 2.75) is 31.8 Å². The average molecular weight is 305 g/mol. The van der Waals surface area contributed by atoms with Crippen molar-refractivity contribution >= 4 is 11.6 Å². The molecule has 0 bridgehead atoms. The summed E-state index contributed by atoms with van der Waals surface area (Å²) < 4.78 is 16.1. The van der Waals surface area contributed by atoms with E-state index < -0.39 is 0 Å². The van der Waals surface area contributed by atoms with Crippen molar-refractivity contribution in [1.82, 2.24) is 0 Å². The van der Waals surface area contributed by atoms with Gasteiger partial charge in [0.1, 0.15) is 11.5 Å². The summed E-state index contributed by atoms with van der Waals surface area (Å²) in [5.74, 6) is 1.80. The topological polar surface area (TPSA) is 48.0 Å². The summed E-state index contributed by atoms with van der Waals surface area (Å²) in [7, 11) is 4.99. The summed E-state index contributed by atoms with van der Waals surface area (Å²) in [5, 5.41) is 0. The number of amides is 1. The molecule has 2 aliphatic rings. The lowest BCUT2D eigenvalue weighted by Gasteiger charge is -2.39. The Kier molecular flexibility index (Phi) is 4.25. The van der Waals surface area contributed by atoms with Gasteiger partial charge in [-0.2, -0.15) is 0 Å². The molecule has 1 aliphatic carbocycles. The Hall–Kier alpha value is -1.75. The SMILES string of the molecule is COc1cc(OC)c2c(c1)N(C(=O)C1CC(OC)C1)CCC2. The largest absolute Gasteiger partial charge is 0.497 e. The molecule has 1 fully saturated rings. The van der Waals surface area contributed by atoms with Crippen LogP contribution in [0.15, 0.2) is 12.1 Å². The zero-order chi connectivity index (χ0) is 15.7. The van der Waals surface area contributed by atoms with Crippen LogP contribution in [0.1, 0.15) is 24.8 Å². The molecule has 120 valence electrons. The van der Waals surface area contributed by atoms with Crippen molar-refractivity contribution in [3.8, 4) is 11.5 Å². The van der Waals surface area contributed by atoms with E-state index in [1.807, 2.05) is 17.0 Å². The van der Waals surface area contributed by atoms with Crippen LogP contribution in [0.5, 0.6) is 11.5 Å². The molecular weight excluding hydrogens is 282 g/mol. The summed E-state index contributed by atoms with van der Waals surface area (Å²) >= 11 is 0. The molecule has 5 heteroatoms. The van der Waals surface area contributed by atoms with Crippen LogP contribution < -0.4 is 14.4 Å². The van der Waals surface area contributed by atoms with Crippen LogP contribution in [0.4, 0.5) is 5.69 Å². The van der Waals surface area contributed by atoms with E-state index in [0.29, 0.717) is 0 Å². The number of carbonyl (C=O) groups excluding carboxylic acids is 1. The van der Waals surface area contributed by atoms with Gasteiger partial charge in [0, 0.05) is 37.3 Å². The number of benzene rings is 1. The molecule has 0 unspecified atom stereocenters. The quantitative estimate of drug-likeness (QED) is 0.857. The first kappa shape index (κ1) is 15.2. The van der Waals surface area contributed by atoms with Gasteiger partial charge in [-0.05, 0) is 25.7 Å². The number of anilines is 1. The molecule has 0 spiro atoms. The number of ether oxygens (including phenoxy) is 3. The van der Waals surface area contributed by atoms with Crippen LogP contribution in [-0.2, 0) is 16.0 Å². The van der Waals surface area contributed by atoms with E-state index in [2.05, 4.69) is 0 Å². The highest BCUT2D eigenvalue weighted by Gasteiger charge is 2.38. The van der Waals surface area contributed by atoms with Gasteiger partial charge in [-0.1, -0.05) is 0 Å². The molecule has 22 heavy (non-hydrogen) atoms. The first-order valence-corrected chi connectivity index (χ1v) is 7.77. The monoisotopic (exact) mass is 305 g/mol. The van der Waals surface area contributed by atoms with Gasteiger partial charge >= 0.3 is 0 Å². The van der Waals surface area contributed by atoms with Crippen LogP contribution in [0, 0.1) is 5.92 Å². The highest BCUT2D eigenvalue weighted by atomic mass is 16.5. The van der Waals surface area contributed by atoms with Crippen LogP contribution in [0.2, 0.25) is 0 Å². The maximum absolute atomic E-state index is 12.8. The molecule has 5 nitrogen and oxygen atoms in total. The molecule has 0 N–H and O–H groups in total. The van der Waals surface area contributed by atoms with Crippen LogP contribution in [-0.4, -0.2) is 39.9 Å². The highest BCUT2D eigenvalue weighted by Crippen LogP contribution is 2.40. The summed E-state index contributed by atoms with van der Waals surface area (Å²) in [6.07, 6.45) is 3.77. The predicted octanol–water partition coefficient (Wildman–Crippen LogP) is 2.41. The van der Waals surface area contributed by atoms with Gasteiger partial charge in [0.2, 0.25) is 5.91 Å². The number of fused-ring (bicyclic) bond motifs is 1. The van der Waals surface area contributed by atoms with Gasteiger partial charge in [0.15, 0.2) is 0 Å². The van der Waals surface area contributed by atoms with Crippen molar-refractivity contribution in [3.63, 3.8) is 0 Å². The smallest absolute Gasteiger partial charge is 0.230 e. The lowest BCUT2D eigenvalue weighted by molar-refractivity contribution is -0.129. The molecular formula is C17H23NO4.